The lowest BCUT2D eigenvalue weighted by atomic mass is 10.0. The van der Waals surface area contributed by atoms with Gasteiger partial charge in [0, 0.05) is 30.7 Å². The first-order chi connectivity index (χ1) is 9.81. The molecule has 21 heavy (non-hydrogen) atoms. The van der Waals surface area contributed by atoms with Crippen molar-refractivity contribution in [2.45, 2.75) is 32.4 Å². The second kappa shape index (κ2) is 5.77. The van der Waals surface area contributed by atoms with E-state index in [0.29, 0.717) is 6.54 Å². The van der Waals surface area contributed by atoms with Crippen molar-refractivity contribution in [2.75, 3.05) is 6.54 Å². The Labute approximate surface area is 125 Å². The normalized spacial score (nSPS) is 13.2. The van der Waals surface area contributed by atoms with Crippen LogP contribution in [-0.4, -0.2) is 22.8 Å². The van der Waals surface area contributed by atoms with Gasteiger partial charge in [-0.1, -0.05) is 12.1 Å². The van der Waals surface area contributed by atoms with Gasteiger partial charge in [-0.15, -0.1) is 0 Å². The van der Waals surface area contributed by atoms with Crippen molar-refractivity contribution in [2.24, 2.45) is 12.8 Å². The van der Waals surface area contributed by atoms with Gasteiger partial charge in [-0.3, -0.25) is 0 Å². The maximum Gasteiger partial charge on any atom is 0.408 e. The van der Waals surface area contributed by atoms with Crippen molar-refractivity contribution in [1.82, 2.24) is 9.88 Å². The lowest BCUT2D eigenvalue weighted by molar-refractivity contribution is 0.0505. The Bertz CT molecular complexity index is 640. The minimum absolute atomic E-state index is 0.272. The van der Waals surface area contributed by atoms with Gasteiger partial charge in [0.1, 0.15) is 5.60 Å². The van der Waals surface area contributed by atoms with Gasteiger partial charge in [-0.2, -0.15) is 0 Å². The number of nitrogens with one attached hydrogen (secondary N) is 1. The number of benzene rings is 1. The monoisotopic (exact) mass is 289 g/mol. The number of hydrogen-bond donors (Lipinski definition) is 2. The van der Waals surface area contributed by atoms with E-state index in [4.69, 9.17) is 10.5 Å². The molecular formula is C16H23N3O2. The third kappa shape index (κ3) is 3.55. The van der Waals surface area contributed by atoms with E-state index in [9.17, 15) is 4.79 Å². The highest BCUT2D eigenvalue weighted by atomic mass is 16.6. The van der Waals surface area contributed by atoms with Crippen LogP contribution in [0.5, 0.6) is 0 Å². The Kier molecular flexibility index (Phi) is 4.23. The zero-order valence-corrected chi connectivity index (χ0v) is 13.0. The molecule has 0 spiro atoms. The summed E-state index contributed by atoms with van der Waals surface area (Å²) < 4.78 is 7.34. The van der Waals surface area contributed by atoms with Gasteiger partial charge in [-0.25, -0.2) is 4.79 Å². The average molecular weight is 289 g/mol. The van der Waals surface area contributed by atoms with Crippen LogP contribution in [0.25, 0.3) is 10.9 Å². The number of aromatic nitrogens is 1. The molecule has 114 valence electrons. The molecule has 1 aromatic heterocycles. The molecule has 1 unspecified atom stereocenters. The summed E-state index contributed by atoms with van der Waals surface area (Å²) >= 11 is 0. The van der Waals surface area contributed by atoms with Crippen molar-refractivity contribution in [3.8, 4) is 0 Å². The SMILES string of the molecule is Cn1ccc2c(C(CN)NC(=O)OC(C)(C)C)cccc21. The summed E-state index contributed by atoms with van der Waals surface area (Å²) in [5, 5.41) is 3.93. The molecule has 5 nitrogen and oxygen atoms in total. The molecule has 0 aliphatic rings. The van der Waals surface area contributed by atoms with Gasteiger partial charge in [0.15, 0.2) is 0 Å². The van der Waals surface area contributed by atoms with Gasteiger partial charge in [0.2, 0.25) is 0 Å². The van der Waals surface area contributed by atoms with Crippen LogP contribution in [0.2, 0.25) is 0 Å². The van der Waals surface area contributed by atoms with E-state index in [-0.39, 0.29) is 6.04 Å². The van der Waals surface area contributed by atoms with Gasteiger partial charge >= 0.3 is 6.09 Å². The van der Waals surface area contributed by atoms with Crippen molar-refractivity contribution >= 4 is 17.0 Å². The Morgan fingerprint density at radius 1 is 1.38 bits per heavy atom. The minimum Gasteiger partial charge on any atom is -0.444 e. The van der Waals surface area contributed by atoms with Crippen LogP contribution in [0.1, 0.15) is 32.4 Å². The quantitative estimate of drug-likeness (QED) is 0.912. The Morgan fingerprint density at radius 2 is 2.10 bits per heavy atom. The lowest BCUT2D eigenvalue weighted by Crippen LogP contribution is -2.37. The van der Waals surface area contributed by atoms with Gasteiger partial charge < -0.3 is 20.4 Å². The maximum atomic E-state index is 11.9. The Balaban J connectivity index is 2.26. The Hall–Kier alpha value is -2.01. The third-order valence-corrected chi connectivity index (χ3v) is 3.26. The zero-order chi connectivity index (χ0) is 15.6. The Morgan fingerprint density at radius 3 is 2.71 bits per heavy atom. The fourth-order valence-electron chi connectivity index (χ4n) is 2.34. The number of nitrogens with zero attached hydrogens (tertiary/aromatic N) is 1. The van der Waals surface area contributed by atoms with E-state index in [1.54, 1.807) is 0 Å². The fourth-order valence-corrected chi connectivity index (χ4v) is 2.34. The summed E-state index contributed by atoms with van der Waals surface area (Å²) in [6, 6.07) is 7.75. The number of hydrogen-bond acceptors (Lipinski definition) is 3. The maximum absolute atomic E-state index is 11.9. The first-order valence-electron chi connectivity index (χ1n) is 7.05. The summed E-state index contributed by atoms with van der Waals surface area (Å²) in [5.74, 6) is 0. The van der Waals surface area contributed by atoms with E-state index in [1.165, 1.54) is 0 Å². The number of rotatable bonds is 3. The van der Waals surface area contributed by atoms with Crippen LogP contribution in [0.4, 0.5) is 4.79 Å². The van der Waals surface area contributed by atoms with Gasteiger partial charge in [0.05, 0.1) is 6.04 Å². The second-order valence-corrected chi connectivity index (χ2v) is 6.14. The number of carbonyl (C=O) groups excluding carboxylic acids is 1. The molecule has 0 bridgehead atoms. The van der Waals surface area contributed by atoms with Crippen LogP contribution in [0.15, 0.2) is 30.5 Å². The van der Waals surface area contributed by atoms with Crippen molar-refractivity contribution in [3.05, 3.63) is 36.0 Å². The predicted molar refractivity (Wildman–Crippen MR) is 84.1 cm³/mol. The number of carbonyl (C=O) groups is 1. The van der Waals surface area contributed by atoms with E-state index in [0.717, 1.165) is 16.5 Å². The molecule has 0 fully saturated rings. The molecule has 3 N–H and O–H groups in total. The number of fused-ring (bicyclic) bond motifs is 1. The standard InChI is InChI=1S/C16H23N3O2/c1-16(2,3)21-15(20)18-13(10-17)11-6-5-7-14-12(11)8-9-19(14)4/h5-9,13H,10,17H2,1-4H3,(H,18,20). The molecule has 2 rings (SSSR count). The largest absolute Gasteiger partial charge is 0.444 e. The molecule has 1 atom stereocenters. The van der Waals surface area contributed by atoms with Crippen LogP contribution < -0.4 is 11.1 Å². The van der Waals surface area contributed by atoms with Crippen molar-refractivity contribution < 1.29 is 9.53 Å². The number of aryl methyl sites for hydroxylation is 1. The summed E-state index contributed by atoms with van der Waals surface area (Å²) in [6.45, 7) is 5.82. The lowest BCUT2D eigenvalue weighted by Gasteiger charge is -2.23. The van der Waals surface area contributed by atoms with Crippen LogP contribution in [0.3, 0.4) is 0 Å². The topological polar surface area (TPSA) is 69.3 Å². The minimum atomic E-state index is -0.526. The highest BCUT2D eigenvalue weighted by molar-refractivity contribution is 5.84. The van der Waals surface area contributed by atoms with Gasteiger partial charge in [0.25, 0.3) is 0 Å². The smallest absolute Gasteiger partial charge is 0.408 e. The predicted octanol–water partition coefficient (Wildman–Crippen LogP) is 2.70. The summed E-state index contributed by atoms with van der Waals surface area (Å²) in [5.41, 5.74) is 7.42. The van der Waals surface area contributed by atoms with Crippen LogP contribution in [-0.2, 0) is 11.8 Å². The number of nitrogens with two attached hydrogens (primary N) is 1. The van der Waals surface area contributed by atoms with Crippen molar-refractivity contribution in [1.29, 1.82) is 0 Å². The summed E-state index contributed by atoms with van der Waals surface area (Å²) in [7, 11) is 1.99. The van der Waals surface area contributed by atoms with E-state index >= 15 is 0 Å². The molecule has 1 aromatic carbocycles. The third-order valence-electron chi connectivity index (χ3n) is 3.26. The molecule has 2 aromatic rings. The molecule has 5 heteroatoms. The molecule has 0 aliphatic carbocycles. The van der Waals surface area contributed by atoms with E-state index in [2.05, 4.69) is 5.32 Å². The highest BCUT2D eigenvalue weighted by Gasteiger charge is 2.21. The molecule has 0 saturated carbocycles. The molecular weight excluding hydrogens is 266 g/mol. The molecule has 1 amide bonds. The number of alkyl carbamates (subject to hydrolysis) is 1. The number of amides is 1. The molecule has 0 radical (unpaired) electrons. The average Bonchev–Trinajstić information content (AvgIpc) is 2.76. The summed E-state index contributed by atoms with van der Waals surface area (Å²) in [6.07, 6.45) is 1.54. The second-order valence-electron chi connectivity index (χ2n) is 6.14. The van der Waals surface area contributed by atoms with Crippen molar-refractivity contribution in [3.63, 3.8) is 0 Å². The summed E-state index contributed by atoms with van der Waals surface area (Å²) in [4.78, 5) is 11.9. The number of ether oxygens (including phenoxy) is 1. The fraction of sp³-hybridized carbons (Fsp3) is 0.438. The van der Waals surface area contributed by atoms with E-state index < -0.39 is 11.7 Å². The van der Waals surface area contributed by atoms with E-state index in [1.807, 2.05) is 62.8 Å². The first-order valence-corrected chi connectivity index (χ1v) is 7.05. The zero-order valence-electron chi connectivity index (χ0n) is 13.0. The highest BCUT2D eigenvalue weighted by Crippen LogP contribution is 2.25. The molecule has 1 heterocycles. The molecule has 0 saturated heterocycles. The van der Waals surface area contributed by atoms with Gasteiger partial charge in [-0.05, 0) is 38.5 Å². The van der Waals surface area contributed by atoms with Crippen LogP contribution in [0, 0.1) is 0 Å². The molecule has 0 aliphatic heterocycles. The first kappa shape index (κ1) is 15.4. The van der Waals surface area contributed by atoms with Crippen LogP contribution >= 0.6 is 0 Å².